The molecule has 0 aromatic carbocycles. The first-order chi connectivity index (χ1) is 8.97. The van der Waals surface area contributed by atoms with Gasteiger partial charge >= 0.3 is 12.3 Å². The number of nitrogens with one attached hydrogen (secondary N) is 1. The SMILES string of the molecule is CCCNCc1cnccc1OCC(F)(F)C(F)F. The number of ether oxygens (including phenoxy) is 1. The van der Waals surface area contributed by atoms with Crippen molar-refractivity contribution in [2.45, 2.75) is 32.2 Å². The monoisotopic (exact) mass is 280 g/mol. The van der Waals surface area contributed by atoms with Crippen LogP contribution in [0.5, 0.6) is 5.75 Å². The van der Waals surface area contributed by atoms with Gasteiger partial charge in [0.15, 0.2) is 6.61 Å². The number of halogens is 4. The molecule has 0 aliphatic rings. The summed E-state index contributed by atoms with van der Waals surface area (Å²) < 4.78 is 54.3. The average molecular weight is 280 g/mol. The molecule has 7 heteroatoms. The predicted molar refractivity (Wildman–Crippen MR) is 62.7 cm³/mol. The van der Waals surface area contributed by atoms with Crippen LogP contribution >= 0.6 is 0 Å². The van der Waals surface area contributed by atoms with Crippen LogP contribution in [0.2, 0.25) is 0 Å². The van der Waals surface area contributed by atoms with Gasteiger partial charge in [-0.15, -0.1) is 0 Å². The second-order valence-electron chi connectivity index (χ2n) is 4.01. The summed E-state index contributed by atoms with van der Waals surface area (Å²) >= 11 is 0. The van der Waals surface area contributed by atoms with Gasteiger partial charge < -0.3 is 10.1 Å². The predicted octanol–water partition coefficient (Wildman–Crippen LogP) is 2.86. The Hall–Kier alpha value is -1.37. The summed E-state index contributed by atoms with van der Waals surface area (Å²) in [5.41, 5.74) is 0.556. The maximum absolute atomic E-state index is 12.8. The number of rotatable bonds is 8. The second kappa shape index (κ2) is 7.28. The van der Waals surface area contributed by atoms with Crippen LogP contribution in [0.15, 0.2) is 18.5 Å². The van der Waals surface area contributed by atoms with E-state index in [0.29, 0.717) is 12.1 Å². The van der Waals surface area contributed by atoms with Crippen LogP contribution in [-0.4, -0.2) is 30.5 Å². The molecule has 1 heterocycles. The van der Waals surface area contributed by atoms with Gasteiger partial charge in [-0.25, -0.2) is 8.78 Å². The highest BCUT2D eigenvalue weighted by atomic mass is 19.3. The quantitative estimate of drug-likeness (QED) is 0.587. The highest BCUT2D eigenvalue weighted by Crippen LogP contribution is 2.25. The van der Waals surface area contributed by atoms with Crippen LogP contribution in [0.1, 0.15) is 18.9 Å². The lowest BCUT2D eigenvalue weighted by Gasteiger charge is -2.17. The molecule has 0 radical (unpaired) electrons. The summed E-state index contributed by atoms with van der Waals surface area (Å²) in [6, 6.07) is 1.38. The Labute approximate surface area is 109 Å². The van der Waals surface area contributed by atoms with Gasteiger partial charge in [-0.2, -0.15) is 8.78 Å². The Bertz CT molecular complexity index is 388. The normalized spacial score (nSPS) is 11.9. The zero-order valence-corrected chi connectivity index (χ0v) is 10.5. The molecule has 0 aliphatic carbocycles. The summed E-state index contributed by atoms with van der Waals surface area (Å²) in [6.45, 7) is 1.77. The van der Waals surface area contributed by atoms with Crippen molar-refractivity contribution in [3.63, 3.8) is 0 Å². The minimum absolute atomic E-state index is 0.138. The Morgan fingerprint density at radius 1 is 1.42 bits per heavy atom. The van der Waals surface area contributed by atoms with Crippen LogP contribution in [-0.2, 0) is 6.54 Å². The van der Waals surface area contributed by atoms with Crippen molar-refractivity contribution in [1.82, 2.24) is 10.3 Å². The van der Waals surface area contributed by atoms with Crippen molar-refractivity contribution in [3.05, 3.63) is 24.0 Å². The van der Waals surface area contributed by atoms with E-state index in [0.717, 1.165) is 13.0 Å². The number of hydrogen-bond acceptors (Lipinski definition) is 3. The Kier molecular flexibility index (Phi) is 6.01. The fourth-order valence-electron chi connectivity index (χ4n) is 1.32. The molecule has 0 atom stereocenters. The molecule has 0 aliphatic heterocycles. The van der Waals surface area contributed by atoms with Gasteiger partial charge in [-0.3, -0.25) is 4.98 Å². The summed E-state index contributed by atoms with van der Waals surface area (Å²) in [6.07, 6.45) is -0.00609. The van der Waals surface area contributed by atoms with E-state index in [1.807, 2.05) is 6.92 Å². The van der Waals surface area contributed by atoms with E-state index in [1.165, 1.54) is 18.5 Å². The van der Waals surface area contributed by atoms with Gasteiger partial charge in [-0.05, 0) is 19.0 Å². The van der Waals surface area contributed by atoms with E-state index in [4.69, 9.17) is 4.74 Å². The van der Waals surface area contributed by atoms with Gasteiger partial charge in [0, 0.05) is 24.5 Å². The molecule has 0 bridgehead atoms. The molecule has 0 saturated carbocycles. The maximum atomic E-state index is 12.8. The van der Waals surface area contributed by atoms with Gasteiger partial charge in [0.1, 0.15) is 5.75 Å². The van der Waals surface area contributed by atoms with Crippen LogP contribution in [0, 0.1) is 0 Å². The minimum Gasteiger partial charge on any atom is -0.487 e. The van der Waals surface area contributed by atoms with Crippen LogP contribution in [0.4, 0.5) is 17.6 Å². The lowest BCUT2D eigenvalue weighted by molar-refractivity contribution is -0.148. The van der Waals surface area contributed by atoms with E-state index in [2.05, 4.69) is 10.3 Å². The lowest BCUT2D eigenvalue weighted by atomic mass is 10.2. The second-order valence-corrected chi connectivity index (χ2v) is 4.01. The number of aromatic nitrogens is 1. The van der Waals surface area contributed by atoms with Crippen LogP contribution in [0.3, 0.4) is 0 Å². The molecule has 1 rings (SSSR count). The highest BCUT2D eigenvalue weighted by molar-refractivity contribution is 5.30. The van der Waals surface area contributed by atoms with Crippen molar-refractivity contribution >= 4 is 0 Å². The van der Waals surface area contributed by atoms with Crippen molar-refractivity contribution in [2.24, 2.45) is 0 Å². The number of nitrogens with zero attached hydrogens (tertiary/aromatic N) is 1. The molecule has 0 amide bonds. The average Bonchev–Trinajstić information content (AvgIpc) is 2.38. The topological polar surface area (TPSA) is 34.2 Å². The third-order valence-electron chi connectivity index (χ3n) is 2.34. The van der Waals surface area contributed by atoms with E-state index in [9.17, 15) is 17.6 Å². The fourth-order valence-corrected chi connectivity index (χ4v) is 1.32. The van der Waals surface area contributed by atoms with Crippen molar-refractivity contribution in [2.75, 3.05) is 13.2 Å². The molecule has 0 spiro atoms. The first-order valence-electron chi connectivity index (χ1n) is 5.89. The van der Waals surface area contributed by atoms with E-state index >= 15 is 0 Å². The molecule has 0 fully saturated rings. The summed E-state index contributed by atoms with van der Waals surface area (Å²) in [5, 5.41) is 3.06. The smallest absolute Gasteiger partial charge is 0.340 e. The summed E-state index contributed by atoms with van der Waals surface area (Å²) in [4.78, 5) is 3.85. The highest BCUT2D eigenvalue weighted by Gasteiger charge is 2.41. The van der Waals surface area contributed by atoms with E-state index < -0.39 is 19.0 Å². The standard InChI is InChI=1S/C12H16F4N2O/c1-2-4-17-6-9-7-18-5-3-10(9)19-8-12(15,16)11(13)14/h3,5,7,11,17H,2,4,6,8H2,1H3. The molecule has 1 aromatic rings. The summed E-state index contributed by atoms with van der Waals surface area (Å²) in [5.74, 6) is -4.02. The van der Waals surface area contributed by atoms with Crippen LogP contribution in [0.25, 0.3) is 0 Å². The van der Waals surface area contributed by atoms with Gasteiger partial charge in [0.05, 0.1) is 0 Å². The van der Waals surface area contributed by atoms with E-state index in [-0.39, 0.29) is 5.75 Å². The van der Waals surface area contributed by atoms with Crippen molar-refractivity contribution in [1.29, 1.82) is 0 Å². The molecular weight excluding hydrogens is 264 g/mol. The van der Waals surface area contributed by atoms with Crippen LogP contribution < -0.4 is 10.1 Å². The Morgan fingerprint density at radius 2 is 2.16 bits per heavy atom. The number of alkyl halides is 4. The fraction of sp³-hybridized carbons (Fsp3) is 0.583. The molecule has 0 saturated heterocycles. The lowest BCUT2D eigenvalue weighted by Crippen LogP contribution is -2.34. The number of hydrogen-bond donors (Lipinski definition) is 1. The molecule has 3 nitrogen and oxygen atoms in total. The zero-order valence-electron chi connectivity index (χ0n) is 10.5. The number of pyridine rings is 1. The molecular formula is C12H16F4N2O. The Morgan fingerprint density at radius 3 is 2.79 bits per heavy atom. The maximum Gasteiger partial charge on any atom is 0.340 e. The first kappa shape index (κ1) is 15.7. The largest absolute Gasteiger partial charge is 0.487 e. The minimum atomic E-state index is -4.16. The van der Waals surface area contributed by atoms with Crippen molar-refractivity contribution in [3.8, 4) is 5.75 Å². The Balaban J connectivity index is 2.62. The third kappa shape index (κ3) is 5.02. The van der Waals surface area contributed by atoms with Gasteiger partial charge in [0.25, 0.3) is 0 Å². The summed E-state index contributed by atoms with van der Waals surface area (Å²) in [7, 11) is 0. The molecule has 0 unspecified atom stereocenters. The first-order valence-corrected chi connectivity index (χ1v) is 5.89. The molecule has 1 aromatic heterocycles. The molecule has 19 heavy (non-hydrogen) atoms. The van der Waals surface area contributed by atoms with E-state index in [1.54, 1.807) is 0 Å². The van der Waals surface area contributed by atoms with Crippen molar-refractivity contribution < 1.29 is 22.3 Å². The molecule has 108 valence electrons. The molecule has 1 N–H and O–H groups in total. The van der Waals surface area contributed by atoms with Gasteiger partial charge in [0.2, 0.25) is 0 Å². The third-order valence-corrected chi connectivity index (χ3v) is 2.34. The van der Waals surface area contributed by atoms with Gasteiger partial charge in [-0.1, -0.05) is 6.92 Å². The zero-order chi connectivity index (χ0) is 14.3.